The highest BCUT2D eigenvalue weighted by Gasteiger charge is 2.56. The molecule has 10 nitrogen and oxygen atoms in total. The Kier molecular flexibility index (Phi) is 5.32. The van der Waals surface area contributed by atoms with Crippen molar-refractivity contribution in [1.82, 2.24) is 10.2 Å². The van der Waals surface area contributed by atoms with Crippen molar-refractivity contribution in [2.24, 2.45) is 4.99 Å². The van der Waals surface area contributed by atoms with Crippen molar-refractivity contribution in [1.29, 1.82) is 0 Å². The molecule has 2 aliphatic heterocycles. The lowest BCUT2D eigenvalue weighted by Gasteiger charge is -2.58. The van der Waals surface area contributed by atoms with Crippen molar-refractivity contribution in [3.8, 4) is 0 Å². The van der Waals surface area contributed by atoms with E-state index in [-0.39, 0.29) is 35.7 Å². The number of amidine groups is 1. The number of carbonyl (C=O) groups is 1. The lowest BCUT2D eigenvalue weighted by atomic mass is 9.90. The molecule has 1 saturated heterocycles. The second-order valence-corrected chi connectivity index (χ2v) is 10.1. The number of piperidine rings is 1. The van der Waals surface area contributed by atoms with E-state index in [1.165, 1.54) is 6.92 Å². The number of likely N-dealkylation sites (tertiary alicyclic amines) is 1. The Labute approximate surface area is 167 Å². The minimum Gasteiger partial charge on any atom is -0.465 e. The molecule has 0 aliphatic carbocycles. The Morgan fingerprint density at radius 3 is 2.55 bits per heavy atom. The average Bonchev–Trinajstić information content (AvgIpc) is 2.60. The molecular formula is C17H23FN4O6S. The van der Waals surface area contributed by atoms with Gasteiger partial charge < -0.3 is 10.0 Å². The molecule has 1 aromatic rings. The first-order valence-electron chi connectivity index (χ1n) is 8.89. The van der Waals surface area contributed by atoms with Gasteiger partial charge in [-0.15, -0.1) is 0 Å². The van der Waals surface area contributed by atoms with Crippen molar-refractivity contribution >= 4 is 28.2 Å². The van der Waals surface area contributed by atoms with Gasteiger partial charge in [-0.05, 0) is 32.9 Å². The number of nitrogens with one attached hydrogen (secondary N) is 1. The van der Waals surface area contributed by atoms with Crippen LogP contribution in [0.2, 0.25) is 0 Å². The first kappa shape index (κ1) is 21.4. The van der Waals surface area contributed by atoms with Crippen LogP contribution in [0.3, 0.4) is 0 Å². The monoisotopic (exact) mass is 430 g/mol. The standard InChI is InChI=1S/C17H23FN4O6S/c1-16(12-9-11(22(25)26)3-4-13(12)18)10-29(27,28)17(5-7-21(2)8-6-17)14(20-16)19-15(23)24/h3-4,9,27-28H,5-8,10H2,1-2H3,(H,19,20)(H,23,24). The van der Waals surface area contributed by atoms with Crippen molar-refractivity contribution in [2.45, 2.75) is 30.1 Å². The molecule has 1 aromatic carbocycles. The average molecular weight is 430 g/mol. The normalized spacial score (nSPS) is 27.1. The van der Waals surface area contributed by atoms with Gasteiger partial charge in [-0.25, -0.2) is 9.18 Å². The Bertz CT molecular complexity index is 887. The molecular weight excluding hydrogens is 407 g/mol. The van der Waals surface area contributed by atoms with Gasteiger partial charge in [-0.1, -0.05) is 0 Å². The topological polar surface area (TPSA) is 149 Å². The van der Waals surface area contributed by atoms with Gasteiger partial charge in [0.15, 0.2) is 0 Å². The second-order valence-electron chi connectivity index (χ2n) is 7.69. The smallest absolute Gasteiger partial charge is 0.410 e. The summed E-state index contributed by atoms with van der Waals surface area (Å²) in [7, 11) is -1.62. The van der Waals surface area contributed by atoms with Crippen molar-refractivity contribution < 1.29 is 28.3 Å². The fourth-order valence-corrected chi connectivity index (χ4v) is 6.55. The highest BCUT2D eigenvalue weighted by molar-refractivity contribution is 8.26. The summed E-state index contributed by atoms with van der Waals surface area (Å²) in [5.41, 5.74) is -2.16. The van der Waals surface area contributed by atoms with E-state index in [0.717, 1.165) is 18.2 Å². The molecule has 160 valence electrons. The fourth-order valence-electron chi connectivity index (χ4n) is 4.03. The van der Waals surface area contributed by atoms with Gasteiger partial charge in [0.2, 0.25) is 0 Å². The SMILES string of the molecule is CN1CCC2(CC1)C(NC(=O)O)=NC(C)(c1cc([N+](=O)[O-])ccc1F)CS2(O)O. The molecule has 1 unspecified atom stereocenters. The molecule has 1 fully saturated rings. The van der Waals surface area contributed by atoms with Gasteiger partial charge in [0.05, 0.1) is 10.7 Å². The number of aliphatic imine (C=N–C) groups is 1. The predicted octanol–water partition coefficient (Wildman–Crippen LogP) is 2.84. The van der Waals surface area contributed by atoms with E-state index in [4.69, 9.17) is 0 Å². The van der Waals surface area contributed by atoms with Crippen molar-refractivity contribution in [2.75, 3.05) is 25.9 Å². The number of non-ortho nitro benzene ring substituents is 1. The van der Waals surface area contributed by atoms with E-state index < -0.39 is 37.7 Å². The molecule has 1 amide bonds. The fraction of sp³-hybridized carbons (Fsp3) is 0.529. The lowest BCUT2D eigenvalue weighted by Crippen LogP contribution is -2.61. The van der Waals surface area contributed by atoms with Crippen LogP contribution in [0.4, 0.5) is 14.9 Å². The molecule has 0 aromatic heterocycles. The van der Waals surface area contributed by atoms with Crippen LogP contribution < -0.4 is 5.32 Å². The van der Waals surface area contributed by atoms with Crippen LogP contribution in [-0.4, -0.2) is 66.6 Å². The molecule has 0 saturated carbocycles. The van der Waals surface area contributed by atoms with Crippen LogP contribution in [0.15, 0.2) is 23.2 Å². The highest BCUT2D eigenvalue weighted by Crippen LogP contribution is 2.63. The summed E-state index contributed by atoms with van der Waals surface area (Å²) in [5, 5.41) is 22.6. The molecule has 1 atom stereocenters. The first-order chi connectivity index (χ1) is 13.4. The number of amides is 1. The molecule has 1 spiro atoms. The van der Waals surface area contributed by atoms with Crippen molar-refractivity contribution in [3.63, 3.8) is 0 Å². The number of nitro groups is 1. The minimum absolute atomic E-state index is 0.141. The third-order valence-corrected chi connectivity index (χ3v) is 8.48. The molecule has 2 heterocycles. The second kappa shape index (κ2) is 7.20. The largest absolute Gasteiger partial charge is 0.465 e. The van der Waals surface area contributed by atoms with E-state index in [9.17, 15) is 33.5 Å². The third-order valence-electron chi connectivity index (χ3n) is 5.66. The van der Waals surface area contributed by atoms with Crippen molar-refractivity contribution in [3.05, 3.63) is 39.7 Å². The Hall–Kier alpha value is -2.28. The maximum absolute atomic E-state index is 14.6. The van der Waals surface area contributed by atoms with E-state index >= 15 is 0 Å². The number of hydrogen-bond acceptors (Lipinski definition) is 7. The van der Waals surface area contributed by atoms with E-state index in [1.807, 2.05) is 11.9 Å². The van der Waals surface area contributed by atoms with Crippen LogP contribution in [0.5, 0.6) is 0 Å². The van der Waals surface area contributed by atoms with Crippen LogP contribution in [-0.2, 0) is 5.54 Å². The Morgan fingerprint density at radius 2 is 2.00 bits per heavy atom. The zero-order valence-electron chi connectivity index (χ0n) is 16.0. The Balaban J connectivity index is 2.18. The number of halogens is 1. The number of benzene rings is 1. The summed E-state index contributed by atoms with van der Waals surface area (Å²) in [6.07, 6.45) is -0.905. The van der Waals surface area contributed by atoms with E-state index in [2.05, 4.69) is 10.3 Å². The third kappa shape index (κ3) is 3.68. The molecule has 0 bridgehead atoms. The Morgan fingerprint density at radius 1 is 1.38 bits per heavy atom. The zero-order valence-corrected chi connectivity index (χ0v) is 16.8. The summed E-state index contributed by atoms with van der Waals surface area (Å²) in [4.78, 5) is 28.2. The molecule has 2 aliphatic rings. The summed E-state index contributed by atoms with van der Waals surface area (Å²) >= 11 is 0. The number of nitrogens with zero attached hydrogens (tertiary/aromatic N) is 3. The van der Waals surface area contributed by atoms with Crippen LogP contribution in [0.1, 0.15) is 25.3 Å². The molecule has 12 heteroatoms. The highest BCUT2D eigenvalue weighted by atomic mass is 32.3. The van der Waals surface area contributed by atoms with Crippen LogP contribution in [0.25, 0.3) is 0 Å². The van der Waals surface area contributed by atoms with Gasteiger partial charge in [0.25, 0.3) is 5.69 Å². The number of carboxylic acid groups (broad SMARTS) is 1. The van der Waals surface area contributed by atoms with Crippen LogP contribution >= 0.6 is 10.6 Å². The number of hydrogen-bond donors (Lipinski definition) is 4. The summed E-state index contributed by atoms with van der Waals surface area (Å²) < 4.78 is 35.6. The van der Waals surface area contributed by atoms with Crippen LogP contribution in [0, 0.1) is 15.9 Å². The van der Waals surface area contributed by atoms with Gasteiger partial charge in [-0.2, -0.15) is 10.6 Å². The molecule has 3 rings (SSSR count). The number of rotatable bonds is 2. The van der Waals surface area contributed by atoms with E-state index in [0.29, 0.717) is 13.1 Å². The molecule has 29 heavy (non-hydrogen) atoms. The number of nitro benzene ring substituents is 1. The van der Waals surface area contributed by atoms with Gasteiger partial charge in [-0.3, -0.25) is 29.5 Å². The summed E-state index contributed by atoms with van der Waals surface area (Å²) in [6.45, 7) is 2.41. The predicted molar refractivity (Wildman–Crippen MR) is 106 cm³/mol. The summed E-state index contributed by atoms with van der Waals surface area (Å²) in [6, 6.07) is 2.92. The van der Waals surface area contributed by atoms with Gasteiger partial charge in [0.1, 0.15) is 21.9 Å². The maximum Gasteiger partial charge on any atom is 0.410 e. The van der Waals surface area contributed by atoms with Gasteiger partial charge >= 0.3 is 6.09 Å². The van der Waals surface area contributed by atoms with Gasteiger partial charge in [0, 0.05) is 30.8 Å². The molecule has 4 N–H and O–H groups in total. The molecule has 0 radical (unpaired) electrons. The summed E-state index contributed by atoms with van der Waals surface area (Å²) in [5.74, 6) is -1.31. The minimum atomic E-state index is -3.49. The quantitative estimate of drug-likeness (QED) is 0.416. The first-order valence-corrected chi connectivity index (χ1v) is 10.6. The zero-order chi connectivity index (χ0) is 21.6. The lowest BCUT2D eigenvalue weighted by molar-refractivity contribution is -0.385. The maximum atomic E-state index is 14.6. The van der Waals surface area contributed by atoms with E-state index in [1.54, 1.807) is 0 Å².